The lowest BCUT2D eigenvalue weighted by Gasteiger charge is -2.38. The zero-order chi connectivity index (χ0) is 12.3. The molecule has 0 aromatic heterocycles. The number of ketones is 1. The summed E-state index contributed by atoms with van der Waals surface area (Å²) in [4.78, 5) is 22.9. The molecule has 0 radical (unpaired) electrons. The summed E-state index contributed by atoms with van der Waals surface area (Å²) in [6.07, 6.45) is 0.736. The first-order valence-electron chi connectivity index (χ1n) is 5.09. The zero-order valence-corrected chi connectivity index (χ0v) is 9.68. The van der Waals surface area contributed by atoms with Crippen LogP contribution in [0.4, 0.5) is 0 Å². The Morgan fingerprint density at radius 1 is 1.31 bits per heavy atom. The van der Waals surface area contributed by atoms with Gasteiger partial charge in [0.25, 0.3) is 0 Å². The van der Waals surface area contributed by atoms with E-state index >= 15 is 0 Å². The fraction of sp³-hybridized carbons (Fsp3) is 0.600. The summed E-state index contributed by atoms with van der Waals surface area (Å²) in [6, 6.07) is 0. The monoisotopic (exact) mass is 227 g/mol. The number of carbonyl (C=O) groups excluding carboxylic acids is 1. The molecule has 0 aromatic rings. The Hall–Kier alpha value is -1.40. The Morgan fingerprint density at radius 2 is 1.88 bits per heavy atom. The van der Waals surface area contributed by atoms with E-state index < -0.39 is 11.6 Å². The van der Waals surface area contributed by atoms with Crippen molar-refractivity contribution in [3.05, 3.63) is 11.3 Å². The van der Waals surface area contributed by atoms with Gasteiger partial charge in [0.2, 0.25) is 0 Å². The minimum absolute atomic E-state index is 0.0521. The van der Waals surface area contributed by atoms with Gasteiger partial charge in [-0.2, -0.15) is 0 Å². The topological polar surface area (TPSA) is 90.5 Å². The van der Waals surface area contributed by atoms with Crippen molar-refractivity contribution in [3.63, 3.8) is 0 Å². The van der Waals surface area contributed by atoms with Gasteiger partial charge in [-0.25, -0.2) is 4.79 Å². The van der Waals surface area contributed by atoms with Crippen LogP contribution in [0.15, 0.2) is 11.3 Å². The molecule has 0 unspecified atom stereocenters. The van der Waals surface area contributed by atoms with Gasteiger partial charge in [0.05, 0.1) is 11.3 Å². The molecule has 0 heterocycles. The van der Waals surface area contributed by atoms with Crippen LogP contribution >= 0.6 is 0 Å². The lowest BCUT2D eigenvalue weighted by atomic mass is 9.84. The summed E-state index contributed by atoms with van der Waals surface area (Å²) >= 11 is 0. The second-order valence-corrected chi connectivity index (χ2v) is 3.63. The first kappa shape index (κ1) is 12.7. The van der Waals surface area contributed by atoms with Gasteiger partial charge in [-0.3, -0.25) is 15.4 Å². The van der Waals surface area contributed by atoms with Crippen LogP contribution in [0.1, 0.15) is 12.8 Å². The lowest BCUT2D eigenvalue weighted by Crippen LogP contribution is -2.60. The summed E-state index contributed by atoms with van der Waals surface area (Å²) in [5.41, 5.74) is -0.628. The Balaban J connectivity index is 3.38. The highest BCUT2D eigenvalue weighted by Crippen LogP contribution is 2.28. The van der Waals surface area contributed by atoms with Crippen LogP contribution in [0.3, 0.4) is 0 Å². The van der Waals surface area contributed by atoms with E-state index in [1.807, 2.05) is 0 Å². The fourth-order valence-electron chi connectivity index (χ4n) is 2.08. The number of carboxylic acids is 1. The molecule has 4 N–H and O–H groups in total. The van der Waals surface area contributed by atoms with Crippen LogP contribution < -0.4 is 16.0 Å². The van der Waals surface area contributed by atoms with Crippen molar-refractivity contribution < 1.29 is 14.7 Å². The van der Waals surface area contributed by atoms with Gasteiger partial charge < -0.3 is 10.4 Å². The highest BCUT2D eigenvalue weighted by Gasteiger charge is 2.43. The summed E-state index contributed by atoms with van der Waals surface area (Å²) < 4.78 is 0. The van der Waals surface area contributed by atoms with E-state index in [1.54, 1.807) is 21.1 Å². The fourth-order valence-corrected chi connectivity index (χ4v) is 2.08. The standard InChI is InChI=1S/C10H17N3O3/c1-11-8-6(14)4-5-10(12-2,13-3)7(8)9(15)16/h11-13H,4-5H2,1-3H3,(H,15,16). The minimum atomic E-state index is -1.10. The van der Waals surface area contributed by atoms with Crippen molar-refractivity contribution >= 4 is 11.8 Å². The van der Waals surface area contributed by atoms with Gasteiger partial charge in [0.1, 0.15) is 5.66 Å². The number of carboxylic acid groups (broad SMARTS) is 1. The molecule has 0 bridgehead atoms. The van der Waals surface area contributed by atoms with Crippen LogP contribution in [-0.2, 0) is 9.59 Å². The number of nitrogens with one attached hydrogen (secondary N) is 3. The molecule has 90 valence electrons. The number of carbonyl (C=O) groups is 2. The molecule has 1 rings (SSSR count). The van der Waals surface area contributed by atoms with Crippen molar-refractivity contribution in [1.29, 1.82) is 0 Å². The molecule has 0 saturated heterocycles. The highest BCUT2D eigenvalue weighted by molar-refractivity contribution is 6.05. The third-order valence-corrected chi connectivity index (χ3v) is 3.00. The second-order valence-electron chi connectivity index (χ2n) is 3.63. The quantitative estimate of drug-likeness (QED) is 0.463. The molecule has 0 aromatic carbocycles. The van der Waals surface area contributed by atoms with E-state index in [4.69, 9.17) is 0 Å². The molecule has 16 heavy (non-hydrogen) atoms. The van der Waals surface area contributed by atoms with Crippen LogP contribution in [0.5, 0.6) is 0 Å². The molecule has 0 aliphatic heterocycles. The normalized spacial score (nSPS) is 19.8. The van der Waals surface area contributed by atoms with Crippen LogP contribution in [0.2, 0.25) is 0 Å². The average Bonchev–Trinajstić information content (AvgIpc) is 2.28. The molecular weight excluding hydrogens is 210 g/mol. The first-order valence-corrected chi connectivity index (χ1v) is 5.09. The van der Waals surface area contributed by atoms with E-state index in [2.05, 4.69) is 16.0 Å². The van der Waals surface area contributed by atoms with E-state index in [-0.39, 0.29) is 17.1 Å². The highest BCUT2D eigenvalue weighted by atomic mass is 16.4. The number of likely N-dealkylation sites (N-methyl/N-ethyl adjacent to an activating group) is 3. The summed E-state index contributed by atoms with van der Waals surface area (Å²) in [5, 5.41) is 17.8. The Bertz CT molecular complexity index is 345. The van der Waals surface area contributed by atoms with Gasteiger partial charge in [-0.1, -0.05) is 0 Å². The van der Waals surface area contributed by atoms with Gasteiger partial charge in [-0.15, -0.1) is 0 Å². The molecule has 0 amide bonds. The Morgan fingerprint density at radius 3 is 2.25 bits per heavy atom. The van der Waals surface area contributed by atoms with Crippen LogP contribution in [-0.4, -0.2) is 43.7 Å². The van der Waals surface area contributed by atoms with Crippen molar-refractivity contribution in [3.8, 4) is 0 Å². The van der Waals surface area contributed by atoms with Crippen molar-refractivity contribution in [2.45, 2.75) is 18.5 Å². The molecule has 1 aliphatic rings. The Kier molecular flexibility index (Phi) is 3.66. The number of aliphatic carboxylic acids is 1. The molecular formula is C10H17N3O3. The average molecular weight is 227 g/mol. The summed E-state index contributed by atoms with van der Waals surface area (Å²) in [7, 11) is 4.89. The zero-order valence-electron chi connectivity index (χ0n) is 9.68. The predicted molar refractivity (Wildman–Crippen MR) is 58.8 cm³/mol. The van der Waals surface area contributed by atoms with Gasteiger partial charge in [0, 0.05) is 13.5 Å². The Labute approximate surface area is 94.1 Å². The lowest BCUT2D eigenvalue weighted by molar-refractivity contribution is -0.135. The molecule has 1 aliphatic carbocycles. The first-order chi connectivity index (χ1) is 7.52. The maximum absolute atomic E-state index is 11.6. The SMILES string of the molecule is CNC1=C(C(=O)O)C(NC)(NC)CCC1=O. The van der Waals surface area contributed by atoms with Gasteiger partial charge in [-0.05, 0) is 20.5 Å². The molecule has 6 nitrogen and oxygen atoms in total. The summed E-state index contributed by atoms with van der Waals surface area (Å²) in [5.74, 6) is -1.26. The largest absolute Gasteiger partial charge is 0.478 e. The van der Waals surface area contributed by atoms with E-state index in [0.717, 1.165) is 0 Å². The predicted octanol–water partition coefficient (Wildman–Crippen LogP) is -0.957. The summed E-state index contributed by atoms with van der Waals surface area (Å²) in [6.45, 7) is 0. The van der Waals surface area contributed by atoms with Crippen LogP contribution in [0.25, 0.3) is 0 Å². The van der Waals surface area contributed by atoms with Gasteiger partial charge in [0.15, 0.2) is 5.78 Å². The molecule has 0 fully saturated rings. The maximum atomic E-state index is 11.6. The number of hydrogen-bond donors (Lipinski definition) is 4. The second kappa shape index (κ2) is 4.63. The molecule has 0 atom stereocenters. The maximum Gasteiger partial charge on any atom is 0.337 e. The van der Waals surface area contributed by atoms with Crippen molar-refractivity contribution in [2.24, 2.45) is 0 Å². The third kappa shape index (κ3) is 1.81. The smallest absolute Gasteiger partial charge is 0.337 e. The number of allylic oxidation sites excluding steroid dienone is 1. The number of Topliss-reactive ketones (excluding diaryl/α,β-unsaturated/α-hetero) is 1. The molecule has 0 saturated carbocycles. The van der Waals surface area contributed by atoms with E-state index in [1.165, 1.54) is 0 Å². The van der Waals surface area contributed by atoms with E-state index in [9.17, 15) is 14.7 Å². The minimum Gasteiger partial charge on any atom is -0.478 e. The number of hydrogen-bond acceptors (Lipinski definition) is 5. The molecule has 0 spiro atoms. The molecule has 6 heteroatoms. The third-order valence-electron chi connectivity index (χ3n) is 3.00. The van der Waals surface area contributed by atoms with E-state index in [0.29, 0.717) is 12.8 Å². The number of rotatable bonds is 4. The van der Waals surface area contributed by atoms with Crippen molar-refractivity contribution in [1.82, 2.24) is 16.0 Å². The van der Waals surface area contributed by atoms with Gasteiger partial charge >= 0.3 is 5.97 Å². The van der Waals surface area contributed by atoms with Crippen molar-refractivity contribution in [2.75, 3.05) is 21.1 Å². The van der Waals surface area contributed by atoms with Crippen LogP contribution in [0, 0.1) is 0 Å².